The van der Waals surface area contributed by atoms with E-state index < -0.39 is 10.8 Å². The first kappa shape index (κ1) is 17.6. The van der Waals surface area contributed by atoms with Crippen molar-refractivity contribution in [1.82, 2.24) is 4.90 Å². The van der Waals surface area contributed by atoms with Gasteiger partial charge < -0.3 is 10.6 Å². The quantitative estimate of drug-likeness (QED) is 0.845. The minimum absolute atomic E-state index is 0.159. The van der Waals surface area contributed by atoms with Crippen LogP contribution in [0.1, 0.15) is 32.6 Å². The lowest BCUT2D eigenvalue weighted by Crippen LogP contribution is -2.48. The van der Waals surface area contributed by atoms with Gasteiger partial charge in [0.05, 0.1) is 10.8 Å². The SMILES string of the molecule is C[C@@H]1C[C@@H](N)CCN1C(=O)CCC[S@](=O)c1ccc(Br)cc1. The Hall–Kier alpha value is -0.720. The summed E-state index contributed by atoms with van der Waals surface area (Å²) in [7, 11) is -1.04. The lowest BCUT2D eigenvalue weighted by Gasteiger charge is -2.36. The summed E-state index contributed by atoms with van der Waals surface area (Å²) in [6.45, 7) is 2.80. The van der Waals surface area contributed by atoms with E-state index in [0.717, 1.165) is 28.8 Å². The monoisotopic (exact) mass is 386 g/mol. The molecule has 122 valence electrons. The van der Waals surface area contributed by atoms with Gasteiger partial charge in [-0.05, 0) is 50.5 Å². The molecule has 1 aromatic carbocycles. The van der Waals surface area contributed by atoms with Crippen molar-refractivity contribution in [2.75, 3.05) is 12.3 Å². The second-order valence-electron chi connectivity index (χ2n) is 5.83. The van der Waals surface area contributed by atoms with Crippen LogP contribution in [0, 0.1) is 0 Å². The van der Waals surface area contributed by atoms with Gasteiger partial charge in [-0.25, -0.2) is 0 Å². The van der Waals surface area contributed by atoms with Crippen LogP contribution < -0.4 is 5.73 Å². The number of rotatable bonds is 5. The van der Waals surface area contributed by atoms with Crippen molar-refractivity contribution >= 4 is 32.6 Å². The Labute approximate surface area is 143 Å². The number of hydrogen-bond donors (Lipinski definition) is 1. The minimum Gasteiger partial charge on any atom is -0.340 e. The van der Waals surface area contributed by atoms with Crippen molar-refractivity contribution in [2.45, 2.75) is 49.6 Å². The average molecular weight is 387 g/mol. The molecule has 0 saturated carbocycles. The van der Waals surface area contributed by atoms with Crippen molar-refractivity contribution in [1.29, 1.82) is 0 Å². The minimum atomic E-state index is -1.04. The number of carbonyl (C=O) groups is 1. The number of halogens is 1. The maximum atomic E-state index is 12.3. The molecule has 2 N–H and O–H groups in total. The molecule has 2 rings (SSSR count). The summed E-state index contributed by atoms with van der Waals surface area (Å²) in [5, 5.41) is 0. The molecule has 1 aliphatic rings. The molecule has 0 unspecified atom stereocenters. The lowest BCUT2D eigenvalue weighted by molar-refractivity contribution is -0.134. The van der Waals surface area contributed by atoms with E-state index in [1.165, 1.54) is 0 Å². The molecule has 1 amide bonds. The fourth-order valence-corrected chi connectivity index (χ4v) is 4.13. The van der Waals surface area contributed by atoms with Crippen molar-refractivity contribution in [3.8, 4) is 0 Å². The number of carbonyl (C=O) groups excluding carboxylic acids is 1. The van der Waals surface area contributed by atoms with Crippen LogP contribution in [0.15, 0.2) is 33.6 Å². The van der Waals surface area contributed by atoms with Gasteiger partial charge in [-0.2, -0.15) is 0 Å². The van der Waals surface area contributed by atoms with Crippen LogP contribution in [0.25, 0.3) is 0 Å². The summed E-state index contributed by atoms with van der Waals surface area (Å²) in [5.74, 6) is 0.682. The third kappa shape index (κ3) is 4.89. The topological polar surface area (TPSA) is 63.4 Å². The Balaban J connectivity index is 1.77. The van der Waals surface area contributed by atoms with Gasteiger partial charge in [0.2, 0.25) is 5.91 Å². The summed E-state index contributed by atoms with van der Waals surface area (Å²) >= 11 is 3.36. The molecule has 1 heterocycles. The van der Waals surface area contributed by atoms with E-state index >= 15 is 0 Å². The first-order valence-corrected chi connectivity index (χ1v) is 9.77. The molecule has 0 spiro atoms. The number of likely N-dealkylation sites (tertiary alicyclic amines) is 1. The summed E-state index contributed by atoms with van der Waals surface area (Å²) in [6.07, 6.45) is 2.86. The van der Waals surface area contributed by atoms with E-state index in [4.69, 9.17) is 5.73 Å². The van der Waals surface area contributed by atoms with Crippen molar-refractivity contribution in [3.63, 3.8) is 0 Å². The summed E-state index contributed by atoms with van der Waals surface area (Å²) in [5.41, 5.74) is 5.92. The molecule has 0 radical (unpaired) electrons. The number of amides is 1. The maximum Gasteiger partial charge on any atom is 0.222 e. The lowest BCUT2D eigenvalue weighted by atomic mass is 9.99. The molecule has 6 heteroatoms. The van der Waals surface area contributed by atoms with Gasteiger partial charge in [-0.1, -0.05) is 15.9 Å². The van der Waals surface area contributed by atoms with Crippen molar-refractivity contribution in [3.05, 3.63) is 28.7 Å². The largest absolute Gasteiger partial charge is 0.340 e. The molecule has 1 fully saturated rings. The number of piperidine rings is 1. The standard InChI is InChI=1S/C16H23BrN2O2S/c1-12-11-14(18)8-9-19(12)16(20)3-2-10-22(21)15-6-4-13(17)5-7-15/h4-7,12,14H,2-3,8-11,18H2,1H3/t12-,14+,22+/m1/s1. The molecule has 0 aromatic heterocycles. The molecule has 3 atom stereocenters. The molecule has 1 aliphatic heterocycles. The van der Waals surface area contributed by atoms with Gasteiger partial charge in [0.25, 0.3) is 0 Å². The third-order valence-corrected chi connectivity index (χ3v) is 6.02. The highest BCUT2D eigenvalue weighted by molar-refractivity contribution is 9.10. The Morgan fingerprint density at radius 2 is 2.09 bits per heavy atom. The fourth-order valence-electron chi connectivity index (χ4n) is 2.78. The summed E-state index contributed by atoms with van der Waals surface area (Å²) in [6, 6.07) is 7.91. The van der Waals surface area contributed by atoms with E-state index in [-0.39, 0.29) is 18.0 Å². The van der Waals surface area contributed by atoms with Crippen LogP contribution in [0.2, 0.25) is 0 Å². The van der Waals surface area contributed by atoms with Crippen molar-refractivity contribution in [2.24, 2.45) is 5.73 Å². The van der Waals surface area contributed by atoms with E-state index in [1.54, 1.807) is 0 Å². The summed E-state index contributed by atoms with van der Waals surface area (Å²) < 4.78 is 13.1. The Kier molecular flexibility index (Phi) is 6.59. The van der Waals surface area contributed by atoms with E-state index in [0.29, 0.717) is 18.6 Å². The van der Waals surface area contributed by atoms with Gasteiger partial charge in [-0.3, -0.25) is 9.00 Å². The second-order valence-corrected chi connectivity index (χ2v) is 8.31. The number of hydrogen-bond acceptors (Lipinski definition) is 3. The predicted octanol–water partition coefficient (Wildman–Crippen LogP) is 2.68. The highest BCUT2D eigenvalue weighted by Gasteiger charge is 2.26. The molecular weight excluding hydrogens is 364 g/mol. The zero-order chi connectivity index (χ0) is 16.1. The van der Waals surface area contributed by atoms with Gasteiger partial charge in [0.1, 0.15) is 0 Å². The number of benzene rings is 1. The van der Waals surface area contributed by atoms with Crippen LogP contribution in [0.4, 0.5) is 0 Å². The molecule has 22 heavy (non-hydrogen) atoms. The third-order valence-electron chi connectivity index (χ3n) is 4.03. The van der Waals surface area contributed by atoms with Crippen LogP contribution in [-0.4, -0.2) is 39.4 Å². The van der Waals surface area contributed by atoms with Crippen LogP contribution >= 0.6 is 15.9 Å². The molecule has 0 aliphatic carbocycles. The Morgan fingerprint density at radius 3 is 2.73 bits per heavy atom. The Morgan fingerprint density at radius 1 is 1.41 bits per heavy atom. The van der Waals surface area contributed by atoms with Crippen LogP contribution in [0.5, 0.6) is 0 Å². The molecule has 4 nitrogen and oxygen atoms in total. The van der Waals surface area contributed by atoms with Crippen molar-refractivity contribution < 1.29 is 9.00 Å². The molecular formula is C16H23BrN2O2S. The predicted molar refractivity (Wildman–Crippen MR) is 93.0 cm³/mol. The zero-order valence-corrected chi connectivity index (χ0v) is 15.2. The van der Waals surface area contributed by atoms with Crippen LogP contribution in [-0.2, 0) is 15.6 Å². The molecule has 1 saturated heterocycles. The zero-order valence-electron chi connectivity index (χ0n) is 12.8. The molecule has 0 bridgehead atoms. The second kappa shape index (κ2) is 8.22. The van der Waals surface area contributed by atoms with Gasteiger partial charge in [-0.15, -0.1) is 0 Å². The highest BCUT2D eigenvalue weighted by Crippen LogP contribution is 2.18. The van der Waals surface area contributed by atoms with E-state index in [9.17, 15) is 9.00 Å². The van der Waals surface area contributed by atoms with Gasteiger partial charge >= 0.3 is 0 Å². The smallest absolute Gasteiger partial charge is 0.222 e. The Bertz CT molecular complexity index is 535. The van der Waals surface area contributed by atoms with Gasteiger partial charge in [0.15, 0.2) is 0 Å². The number of nitrogens with zero attached hydrogens (tertiary/aromatic N) is 1. The van der Waals surface area contributed by atoms with Gasteiger partial charge in [0, 0.05) is 40.2 Å². The highest BCUT2D eigenvalue weighted by atomic mass is 79.9. The first-order valence-electron chi connectivity index (χ1n) is 7.66. The average Bonchev–Trinajstić information content (AvgIpc) is 2.47. The maximum absolute atomic E-state index is 12.3. The van der Waals surface area contributed by atoms with E-state index in [2.05, 4.69) is 22.9 Å². The number of nitrogens with two attached hydrogens (primary N) is 1. The summed E-state index contributed by atoms with van der Waals surface area (Å²) in [4.78, 5) is 15.0. The van der Waals surface area contributed by atoms with E-state index in [1.807, 2.05) is 29.2 Å². The normalized spacial score (nSPS) is 23.3. The fraction of sp³-hybridized carbons (Fsp3) is 0.562. The first-order chi connectivity index (χ1) is 10.5. The molecule has 1 aromatic rings. The van der Waals surface area contributed by atoms with Crippen LogP contribution in [0.3, 0.4) is 0 Å².